The van der Waals surface area contributed by atoms with Gasteiger partial charge in [0, 0.05) is 6.42 Å². The molecule has 3 nitrogen and oxygen atoms in total. The number of methoxy groups -OCH3 is 1. The summed E-state index contributed by atoms with van der Waals surface area (Å²) in [6.07, 6.45) is 2.08. The highest BCUT2D eigenvalue weighted by molar-refractivity contribution is 5.82. The van der Waals surface area contributed by atoms with Crippen LogP contribution >= 0.6 is 0 Å². The third-order valence-electron chi connectivity index (χ3n) is 1.16. The van der Waals surface area contributed by atoms with Crippen LogP contribution in [0.4, 0.5) is 0 Å². The number of rotatable bonds is 4. The molecule has 0 aliphatic rings. The van der Waals surface area contributed by atoms with Crippen molar-refractivity contribution in [3.63, 3.8) is 0 Å². The Kier molecular flexibility index (Phi) is 5.25. The molecule has 0 unspecified atom stereocenters. The quantitative estimate of drug-likeness (QED) is 0.353. The topological polar surface area (TPSA) is 35.5 Å². The van der Waals surface area contributed by atoms with Crippen molar-refractivity contribution >= 4 is 5.97 Å². The Bertz CT molecular complexity index is 149. The largest absolute Gasteiger partial charge is 0.498 e. The Balaban J connectivity index is 3.99. The highest BCUT2D eigenvalue weighted by Crippen LogP contribution is 2.02. The van der Waals surface area contributed by atoms with Gasteiger partial charge < -0.3 is 9.47 Å². The first-order valence-electron chi connectivity index (χ1n) is 3.65. The summed E-state index contributed by atoms with van der Waals surface area (Å²) in [4.78, 5) is 10.7. The molecular weight excluding hydrogens is 144 g/mol. The molecule has 0 aliphatic carbocycles. The molecule has 0 heterocycles. The zero-order chi connectivity index (χ0) is 8.69. The van der Waals surface area contributed by atoms with Crippen LogP contribution in [0, 0.1) is 0 Å². The Hall–Kier alpha value is -0.990. The number of ether oxygens (including phenoxy) is 2. The summed E-state index contributed by atoms with van der Waals surface area (Å²) >= 11 is 0. The summed E-state index contributed by atoms with van der Waals surface area (Å²) < 4.78 is 9.56. The Morgan fingerprint density at radius 3 is 2.45 bits per heavy atom. The van der Waals surface area contributed by atoms with Gasteiger partial charge in [0.25, 0.3) is 0 Å². The smallest absolute Gasteiger partial charge is 0.333 e. The zero-order valence-electron chi connectivity index (χ0n) is 7.22. The molecule has 0 spiro atoms. The highest BCUT2D eigenvalue weighted by atomic mass is 16.5. The van der Waals surface area contributed by atoms with Gasteiger partial charge in [-0.25, -0.2) is 4.79 Å². The molecule has 0 N–H and O–H groups in total. The van der Waals surface area contributed by atoms with E-state index in [0.717, 1.165) is 0 Å². The van der Waals surface area contributed by atoms with E-state index in [2.05, 4.69) is 4.74 Å². The average Bonchev–Trinajstić information content (AvgIpc) is 2.03. The lowest BCUT2D eigenvalue weighted by molar-refractivity contribution is -0.135. The van der Waals surface area contributed by atoms with E-state index in [1.54, 1.807) is 0 Å². The second-order valence-corrected chi connectivity index (χ2v) is 1.92. The maximum Gasteiger partial charge on any atom is 0.333 e. The first-order valence-corrected chi connectivity index (χ1v) is 3.65. The minimum Gasteiger partial charge on any atom is -0.498 e. The molecule has 0 amide bonds. The third-order valence-corrected chi connectivity index (χ3v) is 1.16. The van der Waals surface area contributed by atoms with Crippen molar-refractivity contribution in [2.45, 2.75) is 20.3 Å². The van der Waals surface area contributed by atoms with E-state index in [1.807, 2.05) is 13.8 Å². The van der Waals surface area contributed by atoms with Gasteiger partial charge in [0.05, 0.1) is 19.8 Å². The van der Waals surface area contributed by atoms with E-state index in [-0.39, 0.29) is 5.97 Å². The van der Waals surface area contributed by atoms with Gasteiger partial charge in [-0.3, -0.25) is 0 Å². The van der Waals surface area contributed by atoms with Crippen LogP contribution in [0.3, 0.4) is 0 Å². The third kappa shape index (κ3) is 4.42. The molecule has 0 saturated heterocycles. The van der Waals surface area contributed by atoms with Gasteiger partial charge in [-0.15, -0.1) is 0 Å². The predicted octanol–water partition coefficient (Wildman–Crippen LogP) is 1.49. The van der Waals surface area contributed by atoms with Crippen LogP contribution < -0.4 is 0 Å². The monoisotopic (exact) mass is 158 g/mol. The number of carbonyl (C=O) groups is 1. The summed E-state index contributed by atoms with van der Waals surface area (Å²) in [5, 5.41) is 0. The fourth-order valence-corrected chi connectivity index (χ4v) is 0.622. The molecule has 64 valence electrons. The lowest BCUT2D eigenvalue weighted by Gasteiger charge is -2.03. The lowest BCUT2D eigenvalue weighted by atomic mass is 10.3. The van der Waals surface area contributed by atoms with Gasteiger partial charge in [0.1, 0.15) is 5.76 Å². The fraction of sp³-hybridized carbons (Fsp3) is 0.625. The minimum atomic E-state index is -0.365. The second-order valence-electron chi connectivity index (χ2n) is 1.92. The summed E-state index contributed by atoms with van der Waals surface area (Å²) in [6, 6.07) is 0. The number of hydrogen-bond donors (Lipinski definition) is 0. The molecule has 0 rings (SSSR count). The molecule has 0 aliphatic heterocycles. The fourth-order valence-electron chi connectivity index (χ4n) is 0.622. The van der Waals surface area contributed by atoms with Crippen molar-refractivity contribution < 1.29 is 14.3 Å². The van der Waals surface area contributed by atoms with Crippen LogP contribution in [-0.2, 0) is 14.3 Å². The van der Waals surface area contributed by atoms with Gasteiger partial charge in [-0.2, -0.15) is 0 Å². The average molecular weight is 158 g/mol. The van der Waals surface area contributed by atoms with Crippen molar-refractivity contribution in [2.24, 2.45) is 0 Å². The summed E-state index contributed by atoms with van der Waals surface area (Å²) in [5.41, 5.74) is 0. The molecule has 0 radical (unpaired) electrons. The first-order chi connectivity index (χ1) is 5.24. The van der Waals surface area contributed by atoms with Crippen LogP contribution in [0.2, 0.25) is 0 Å². The van der Waals surface area contributed by atoms with Gasteiger partial charge in [0.2, 0.25) is 0 Å². The Labute approximate surface area is 67.0 Å². The minimum absolute atomic E-state index is 0.365. The van der Waals surface area contributed by atoms with Gasteiger partial charge in [-0.05, 0) is 6.92 Å². The van der Waals surface area contributed by atoms with Crippen LogP contribution in [0.5, 0.6) is 0 Å². The number of allylic oxidation sites excluding steroid dienone is 1. The van der Waals surface area contributed by atoms with Crippen molar-refractivity contribution in [3.05, 3.63) is 11.8 Å². The number of esters is 1. The second kappa shape index (κ2) is 5.77. The Morgan fingerprint density at radius 2 is 2.09 bits per heavy atom. The maximum atomic E-state index is 10.7. The van der Waals surface area contributed by atoms with Crippen molar-refractivity contribution in [1.29, 1.82) is 0 Å². The molecule has 11 heavy (non-hydrogen) atoms. The molecule has 0 saturated carbocycles. The molecule has 0 aromatic carbocycles. The lowest BCUT2D eigenvalue weighted by Crippen LogP contribution is -1.99. The molecule has 0 fully saturated rings. The maximum absolute atomic E-state index is 10.7. The van der Waals surface area contributed by atoms with Crippen LogP contribution in [0.15, 0.2) is 11.8 Å². The molecule has 0 aromatic rings. The molecule has 0 atom stereocenters. The van der Waals surface area contributed by atoms with E-state index < -0.39 is 0 Å². The van der Waals surface area contributed by atoms with Crippen molar-refractivity contribution in [2.75, 3.05) is 13.7 Å². The van der Waals surface area contributed by atoms with Gasteiger partial charge in [0.15, 0.2) is 0 Å². The summed E-state index contributed by atoms with van der Waals surface area (Å²) in [5.74, 6) is 0.301. The zero-order valence-corrected chi connectivity index (χ0v) is 7.22. The highest BCUT2D eigenvalue weighted by Gasteiger charge is 1.98. The van der Waals surface area contributed by atoms with Crippen LogP contribution in [0.25, 0.3) is 0 Å². The standard InChI is InChI=1S/C8H14O3/c1-4-7(11-5-2)6-8(9)10-3/h6H,4-5H2,1-3H3. The molecular formula is C8H14O3. The van der Waals surface area contributed by atoms with E-state index in [0.29, 0.717) is 18.8 Å². The predicted molar refractivity (Wildman–Crippen MR) is 42.0 cm³/mol. The van der Waals surface area contributed by atoms with E-state index in [4.69, 9.17) is 4.74 Å². The van der Waals surface area contributed by atoms with Crippen molar-refractivity contribution in [1.82, 2.24) is 0 Å². The number of carbonyl (C=O) groups excluding carboxylic acids is 1. The molecule has 3 heteroatoms. The molecule has 0 aromatic heterocycles. The van der Waals surface area contributed by atoms with Gasteiger partial charge in [-0.1, -0.05) is 6.92 Å². The van der Waals surface area contributed by atoms with E-state index in [9.17, 15) is 4.79 Å². The van der Waals surface area contributed by atoms with Crippen LogP contribution in [0.1, 0.15) is 20.3 Å². The van der Waals surface area contributed by atoms with E-state index in [1.165, 1.54) is 13.2 Å². The number of hydrogen-bond acceptors (Lipinski definition) is 3. The first kappa shape index (κ1) is 10.0. The van der Waals surface area contributed by atoms with Gasteiger partial charge >= 0.3 is 5.97 Å². The normalized spacial score (nSPS) is 11.0. The molecule has 0 bridgehead atoms. The van der Waals surface area contributed by atoms with Crippen LogP contribution in [-0.4, -0.2) is 19.7 Å². The summed E-state index contributed by atoms with van der Waals surface area (Å²) in [7, 11) is 1.35. The SMILES string of the molecule is CCOC(=CC(=O)OC)CC. The Morgan fingerprint density at radius 1 is 1.45 bits per heavy atom. The van der Waals surface area contributed by atoms with Crippen molar-refractivity contribution in [3.8, 4) is 0 Å². The van der Waals surface area contributed by atoms with E-state index >= 15 is 0 Å². The summed E-state index contributed by atoms with van der Waals surface area (Å²) in [6.45, 7) is 4.38.